The van der Waals surface area contributed by atoms with Gasteiger partial charge in [-0.1, -0.05) is 6.07 Å². The SMILES string of the molecule is C[C@@H]1C[C@H](NC(=O)c2cccc(C(N)=O)c2)CCN1C(=O)OC(C)(C)C. The zero-order valence-corrected chi connectivity index (χ0v) is 15.7. The van der Waals surface area contributed by atoms with E-state index in [0.717, 1.165) is 0 Å². The second-order valence-electron chi connectivity index (χ2n) is 7.66. The Morgan fingerprint density at radius 3 is 2.46 bits per heavy atom. The third-order valence-electron chi connectivity index (χ3n) is 4.25. The lowest BCUT2D eigenvalue weighted by Gasteiger charge is -2.38. The second-order valence-corrected chi connectivity index (χ2v) is 7.66. The summed E-state index contributed by atoms with van der Waals surface area (Å²) in [4.78, 5) is 37.6. The van der Waals surface area contributed by atoms with Crippen molar-refractivity contribution in [2.45, 2.75) is 58.2 Å². The highest BCUT2D eigenvalue weighted by atomic mass is 16.6. The third-order valence-corrected chi connectivity index (χ3v) is 4.25. The molecule has 3 amide bonds. The van der Waals surface area contributed by atoms with Crippen LogP contribution < -0.4 is 11.1 Å². The van der Waals surface area contributed by atoms with E-state index in [1.54, 1.807) is 23.1 Å². The van der Waals surface area contributed by atoms with Crippen molar-refractivity contribution in [2.75, 3.05) is 6.54 Å². The summed E-state index contributed by atoms with van der Waals surface area (Å²) in [6, 6.07) is 6.23. The minimum Gasteiger partial charge on any atom is -0.444 e. The van der Waals surface area contributed by atoms with Crippen LogP contribution in [-0.2, 0) is 4.74 Å². The average molecular weight is 361 g/mol. The van der Waals surface area contributed by atoms with Crippen LogP contribution in [0.3, 0.4) is 0 Å². The van der Waals surface area contributed by atoms with Crippen molar-refractivity contribution in [2.24, 2.45) is 5.73 Å². The van der Waals surface area contributed by atoms with Crippen LogP contribution in [0, 0.1) is 0 Å². The zero-order chi connectivity index (χ0) is 19.5. The number of likely N-dealkylation sites (tertiary alicyclic amines) is 1. The number of carbonyl (C=O) groups is 3. The van der Waals surface area contributed by atoms with Crippen LogP contribution >= 0.6 is 0 Å². The quantitative estimate of drug-likeness (QED) is 0.862. The van der Waals surface area contributed by atoms with E-state index in [9.17, 15) is 14.4 Å². The van der Waals surface area contributed by atoms with Crippen LogP contribution in [0.4, 0.5) is 4.79 Å². The zero-order valence-electron chi connectivity index (χ0n) is 15.7. The fourth-order valence-corrected chi connectivity index (χ4v) is 2.98. The molecule has 0 spiro atoms. The summed E-state index contributed by atoms with van der Waals surface area (Å²) in [5.41, 5.74) is 5.41. The number of piperidine rings is 1. The molecule has 1 aliphatic heterocycles. The van der Waals surface area contributed by atoms with Crippen LogP contribution in [0.5, 0.6) is 0 Å². The largest absolute Gasteiger partial charge is 0.444 e. The summed E-state index contributed by atoms with van der Waals surface area (Å²) >= 11 is 0. The summed E-state index contributed by atoms with van der Waals surface area (Å²) in [5, 5.41) is 2.97. The molecular formula is C19H27N3O4. The van der Waals surface area contributed by atoms with Crippen LogP contribution in [0.1, 0.15) is 61.3 Å². The molecule has 0 aliphatic carbocycles. The summed E-state index contributed by atoms with van der Waals surface area (Å²) in [6.07, 6.45) is 0.953. The Labute approximate surface area is 153 Å². The van der Waals surface area contributed by atoms with E-state index >= 15 is 0 Å². The van der Waals surface area contributed by atoms with Crippen molar-refractivity contribution in [3.05, 3.63) is 35.4 Å². The Morgan fingerprint density at radius 1 is 1.23 bits per heavy atom. The van der Waals surface area contributed by atoms with Gasteiger partial charge in [0.2, 0.25) is 5.91 Å². The first kappa shape index (κ1) is 19.8. The van der Waals surface area contributed by atoms with Crippen molar-refractivity contribution >= 4 is 17.9 Å². The molecule has 0 aromatic heterocycles. The molecule has 7 heteroatoms. The summed E-state index contributed by atoms with van der Waals surface area (Å²) < 4.78 is 5.42. The molecule has 2 atom stereocenters. The Balaban J connectivity index is 1.95. The highest BCUT2D eigenvalue weighted by Crippen LogP contribution is 2.21. The van der Waals surface area contributed by atoms with Crippen LogP contribution in [0.2, 0.25) is 0 Å². The van der Waals surface area contributed by atoms with Gasteiger partial charge in [-0.25, -0.2) is 4.79 Å². The fraction of sp³-hybridized carbons (Fsp3) is 0.526. The minimum absolute atomic E-state index is 0.0409. The Bertz CT molecular complexity index is 696. The average Bonchev–Trinajstić information content (AvgIpc) is 2.53. The molecule has 1 fully saturated rings. The van der Waals surface area contributed by atoms with Crippen LogP contribution in [0.15, 0.2) is 24.3 Å². The molecule has 0 unspecified atom stereocenters. The number of primary amides is 1. The molecule has 0 saturated carbocycles. The number of nitrogens with zero attached hydrogens (tertiary/aromatic N) is 1. The maximum atomic E-state index is 12.4. The predicted octanol–water partition coefficient (Wildman–Crippen LogP) is 2.30. The van der Waals surface area contributed by atoms with Gasteiger partial charge in [0.05, 0.1) is 0 Å². The van der Waals surface area contributed by atoms with E-state index in [0.29, 0.717) is 30.5 Å². The first-order valence-electron chi connectivity index (χ1n) is 8.77. The molecule has 0 bridgehead atoms. The second kappa shape index (κ2) is 7.76. The molecule has 1 aliphatic rings. The number of nitrogens with two attached hydrogens (primary N) is 1. The molecule has 7 nitrogen and oxygen atoms in total. The summed E-state index contributed by atoms with van der Waals surface area (Å²) in [6.45, 7) is 7.96. The summed E-state index contributed by atoms with van der Waals surface area (Å²) in [5.74, 6) is -0.824. The van der Waals surface area contributed by atoms with E-state index in [1.807, 2.05) is 27.7 Å². The lowest BCUT2D eigenvalue weighted by molar-refractivity contribution is 0.00959. The molecule has 3 N–H and O–H groups in total. The Hall–Kier alpha value is -2.57. The first-order valence-corrected chi connectivity index (χ1v) is 8.77. The number of nitrogens with one attached hydrogen (secondary N) is 1. The number of hydrogen-bond donors (Lipinski definition) is 2. The van der Waals surface area contributed by atoms with Crippen LogP contribution in [-0.4, -0.2) is 47.0 Å². The summed E-state index contributed by atoms with van der Waals surface area (Å²) in [7, 11) is 0. The van der Waals surface area contributed by atoms with Gasteiger partial charge in [0, 0.05) is 29.8 Å². The van der Waals surface area contributed by atoms with Gasteiger partial charge in [-0.3, -0.25) is 9.59 Å². The minimum atomic E-state index is -0.570. The molecular weight excluding hydrogens is 334 g/mol. The Kier molecular flexibility index (Phi) is 5.90. The van der Waals surface area contributed by atoms with Crippen molar-refractivity contribution < 1.29 is 19.1 Å². The number of hydrogen-bond acceptors (Lipinski definition) is 4. The maximum Gasteiger partial charge on any atom is 0.410 e. The standard InChI is InChI=1S/C19H27N3O4/c1-12-10-15(8-9-22(12)18(25)26-19(2,3)4)21-17(24)14-7-5-6-13(11-14)16(20)23/h5-7,11-12,15H,8-10H2,1-4H3,(H2,20,23)(H,21,24)/t12-,15-/m1/s1. The molecule has 26 heavy (non-hydrogen) atoms. The Morgan fingerprint density at radius 2 is 1.88 bits per heavy atom. The topological polar surface area (TPSA) is 102 Å². The predicted molar refractivity (Wildman–Crippen MR) is 97.9 cm³/mol. The van der Waals surface area contributed by atoms with Crippen molar-refractivity contribution in [1.29, 1.82) is 0 Å². The molecule has 2 rings (SSSR count). The van der Waals surface area contributed by atoms with Gasteiger partial charge in [0.15, 0.2) is 0 Å². The molecule has 1 aromatic carbocycles. The van der Waals surface area contributed by atoms with Gasteiger partial charge >= 0.3 is 6.09 Å². The molecule has 142 valence electrons. The molecule has 1 heterocycles. The highest BCUT2D eigenvalue weighted by molar-refractivity contribution is 5.99. The fourth-order valence-electron chi connectivity index (χ4n) is 2.98. The van der Waals surface area contributed by atoms with E-state index in [-0.39, 0.29) is 24.1 Å². The number of amides is 3. The number of rotatable bonds is 3. The molecule has 1 aromatic rings. The lowest BCUT2D eigenvalue weighted by Crippen LogP contribution is -2.52. The molecule has 0 radical (unpaired) electrons. The van der Waals surface area contributed by atoms with Gasteiger partial charge in [0.1, 0.15) is 5.60 Å². The van der Waals surface area contributed by atoms with E-state index in [1.165, 1.54) is 6.07 Å². The van der Waals surface area contributed by atoms with Gasteiger partial charge in [0.25, 0.3) is 5.91 Å². The monoisotopic (exact) mass is 361 g/mol. The first-order chi connectivity index (χ1) is 12.1. The third kappa shape index (κ3) is 5.21. The van der Waals surface area contributed by atoms with E-state index in [2.05, 4.69) is 5.32 Å². The number of ether oxygens (including phenoxy) is 1. The normalized spacial score (nSPS) is 20.4. The highest BCUT2D eigenvalue weighted by Gasteiger charge is 2.32. The van der Waals surface area contributed by atoms with Gasteiger partial charge < -0.3 is 20.7 Å². The lowest BCUT2D eigenvalue weighted by atomic mass is 9.98. The van der Waals surface area contributed by atoms with E-state index < -0.39 is 11.5 Å². The van der Waals surface area contributed by atoms with Gasteiger partial charge in [-0.15, -0.1) is 0 Å². The van der Waals surface area contributed by atoms with Crippen LogP contribution in [0.25, 0.3) is 0 Å². The number of benzene rings is 1. The maximum absolute atomic E-state index is 12.4. The molecule has 1 saturated heterocycles. The van der Waals surface area contributed by atoms with Gasteiger partial charge in [-0.05, 0) is 58.7 Å². The van der Waals surface area contributed by atoms with E-state index in [4.69, 9.17) is 10.5 Å². The van der Waals surface area contributed by atoms with Crippen molar-refractivity contribution in [1.82, 2.24) is 10.2 Å². The van der Waals surface area contributed by atoms with Crippen molar-refractivity contribution in [3.8, 4) is 0 Å². The van der Waals surface area contributed by atoms with Crippen molar-refractivity contribution in [3.63, 3.8) is 0 Å². The number of carbonyl (C=O) groups excluding carboxylic acids is 3. The van der Waals surface area contributed by atoms with Gasteiger partial charge in [-0.2, -0.15) is 0 Å². The smallest absolute Gasteiger partial charge is 0.410 e.